The number of rotatable bonds is 7. The average Bonchev–Trinajstić information content (AvgIpc) is 3.09. The Morgan fingerprint density at radius 1 is 1.07 bits per heavy atom. The van der Waals surface area contributed by atoms with Crippen LogP contribution in [0.2, 0.25) is 0 Å². The smallest absolute Gasteiger partial charge is 0.308 e. The molecular weight excluding hydrogens is 368 g/mol. The zero-order chi connectivity index (χ0) is 19.4. The number of carbonyl (C=O) groups excluding carboxylic acids is 1. The number of fused-ring (bicyclic) bond motifs is 1. The van der Waals surface area contributed by atoms with Crippen LogP contribution in [0.5, 0.6) is 0 Å². The Kier molecular flexibility index (Phi) is 5.76. The van der Waals surface area contributed by atoms with Crippen LogP contribution in [-0.4, -0.2) is 38.0 Å². The van der Waals surface area contributed by atoms with E-state index in [2.05, 4.69) is 10.0 Å². The first-order chi connectivity index (χ1) is 12.9. The number of aliphatic carboxylic acids is 1. The van der Waals surface area contributed by atoms with E-state index in [9.17, 15) is 18.0 Å². The standard InChI is InChI=1S/C19H22N2O5S/c22-18(21-17-7-3-6-16(17)19(23)24)10-11-20-27(25,26)15-9-8-13-4-1-2-5-14(13)12-15/h1-2,4-5,8-9,12,16-17,20H,3,6-7,10-11H2,(H,21,22)(H,23,24)/t16-,17+/m1/s1. The lowest BCUT2D eigenvalue weighted by atomic mass is 10.0. The molecule has 3 rings (SSSR count). The second-order valence-corrected chi connectivity index (χ2v) is 8.47. The van der Waals surface area contributed by atoms with Crippen LogP contribution < -0.4 is 10.0 Å². The Morgan fingerprint density at radius 3 is 2.56 bits per heavy atom. The highest BCUT2D eigenvalue weighted by atomic mass is 32.2. The Morgan fingerprint density at radius 2 is 1.81 bits per heavy atom. The third-order valence-electron chi connectivity index (χ3n) is 4.85. The van der Waals surface area contributed by atoms with Crippen LogP contribution in [0.15, 0.2) is 47.4 Å². The summed E-state index contributed by atoms with van der Waals surface area (Å²) in [6, 6.07) is 11.9. The van der Waals surface area contributed by atoms with Crippen LogP contribution in [0.25, 0.3) is 10.8 Å². The average molecular weight is 390 g/mol. The van der Waals surface area contributed by atoms with Crippen molar-refractivity contribution in [3.63, 3.8) is 0 Å². The molecule has 8 heteroatoms. The van der Waals surface area contributed by atoms with Crippen LogP contribution in [0.4, 0.5) is 0 Å². The van der Waals surface area contributed by atoms with Gasteiger partial charge in [-0.3, -0.25) is 9.59 Å². The van der Waals surface area contributed by atoms with E-state index in [1.54, 1.807) is 12.1 Å². The number of hydrogen-bond donors (Lipinski definition) is 3. The first-order valence-electron chi connectivity index (χ1n) is 8.87. The van der Waals surface area contributed by atoms with Gasteiger partial charge in [-0.2, -0.15) is 0 Å². The fourth-order valence-electron chi connectivity index (χ4n) is 3.42. The number of nitrogens with one attached hydrogen (secondary N) is 2. The molecule has 1 fully saturated rings. The molecule has 0 radical (unpaired) electrons. The Labute approximate surface area is 157 Å². The lowest BCUT2D eigenvalue weighted by molar-refractivity contribution is -0.142. The number of carboxylic acid groups (broad SMARTS) is 1. The molecule has 0 aromatic heterocycles. The minimum Gasteiger partial charge on any atom is -0.481 e. The number of hydrogen-bond acceptors (Lipinski definition) is 4. The maximum atomic E-state index is 12.4. The van der Waals surface area contributed by atoms with Crippen LogP contribution in [0, 0.1) is 5.92 Å². The first-order valence-corrected chi connectivity index (χ1v) is 10.4. The molecular formula is C19H22N2O5S. The van der Waals surface area contributed by atoms with E-state index in [1.807, 2.05) is 24.3 Å². The van der Waals surface area contributed by atoms with Gasteiger partial charge in [-0.1, -0.05) is 36.8 Å². The van der Waals surface area contributed by atoms with Crippen molar-refractivity contribution in [2.45, 2.75) is 36.6 Å². The van der Waals surface area contributed by atoms with Crippen LogP contribution in [-0.2, 0) is 19.6 Å². The van der Waals surface area contributed by atoms with E-state index in [0.717, 1.165) is 17.2 Å². The predicted octanol–water partition coefficient (Wildman–Crippen LogP) is 1.88. The number of sulfonamides is 1. The molecule has 144 valence electrons. The van der Waals surface area contributed by atoms with Crippen molar-refractivity contribution in [3.05, 3.63) is 42.5 Å². The van der Waals surface area contributed by atoms with Gasteiger partial charge >= 0.3 is 5.97 Å². The van der Waals surface area contributed by atoms with E-state index in [4.69, 9.17) is 5.11 Å². The van der Waals surface area contributed by atoms with Crippen molar-refractivity contribution in [1.29, 1.82) is 0 Å². The third kappa shape index (κ3) is 4.64. The van der Waals surface area contributed by atoms with Crippen LogP contribution >= 0.6 is 0 Å². The highest BCUT2D eigenvalue weighted by Gasteiger charge is 2.33. The molecule has 2 atom stereocenters. The number of carboxylic acids is 1. The molecule has 1 aliphatic rings. The molecule has 3 N–H and O–H groups in total. The molecule has 7 nitrogen and oxygen atoms in total. The van der Waals surface area contributed by atoms with Crippen molar-refractivity contribution >= 4 is 32.7 Å². The second-order valence-electron chi connectivity index (χ2n) is 6.71. The highest BCUT2D eigenvalue weighted by molar-refractivity contribution is 7.89. The van der Waals surface area contributed by atoms with Gasteiger partial charge in [0, 0.05) is 19.0 Å². The summed E-state index contributed by atoms with van der Waals surface area (Å²) < 4.78 is 27.3. The summed E-state index contributed by atoms with van der Waals surface area (Å²) in [5, 5.41) is 13.6. The van der Waals surface area contributed by atoms with Gasteiger partial charge in [0.2, 0.25) is 15.9 Å². The normalized spacial score (nSPS) is 19.9. The van der Waals surface area contributed by atoms with E-state index in [0.29, 0.717) is 12.8 Å². The van der Waals surface area contributed by atoms with Crippen LogP contribution in [0.1, 0.15) is 25.7 Å². The molecule has 0 aliphatic heterocycles. The van der Waals surface area contributed by atoms with E-state index in [-0.39, 0.29) is 29.8 Å². The summed E-state index contributed by atoms with van der Waals surface area (Å²) in [6.07, 6.45) is 1.90. The van der Waals surface area contributed by atoms with Gasteiger partial charge in [0.15, 0.2) is 0 Å². The van der Waals surface area contributed by atoms with Gasteiger partial charge in [-0.15, -0.1) is 0 Å². The molecule has 1 saturated carbocycles. The summed E-state index contributed by atoms with van der Waals surface area (Å²) in [5.41, 5.74) is 0. The van der Waals surface area contributed by atoms with Gasteiger partial charge < -0.3 is 10.4 Å². The molecule has 2 aromatic rings. The topological polar surface area (TPSA) is 113 Å². The fourth-order valence-corrected chi connectivity index (χ4v) is 4.49. The van der Waals surface area contributed by atoms with Gasteiger partial charge in [-0.25, -0.2) is 13.1 Å². The molecule has 2 aromatic carbocycles. The van der Waals surface area contributed by atoms with Gasteiger partial charge in [0.25, 0.3) is 0 Å². The third-order valence-corrected chi connectivity index (χ3v) is 6.31. The fraction of sp³-hybridized carbons (Fsp3) is 0.368. The molecule has 1 amide bonds. The largest absolute Gasteiger partial charge is 0.481 e. The quantitative estimate of drug-likeness (QED) is 0.668. The number of benzene rings is 2. The molecule has 0 saturated heterocycles. The number of amides is 1. The lowest BCUT2D eigenvalue weighted by Gasteiger charge is -2.17. The van der Waals surface area contributed by atoms with Gasteiger partial charge in [-0.05, 0) is 35.7 Å². The summed E-state index contributed by atoms with van der Waals surface area (Å²) in [6.45, 7) is -0.0501. The summed E-state index contributed by atoms with van der Waals surface area (Å²) in [5.74, 6) is -1.83. The molecule has 0 heterocycles. The lowest BCUT2D eigenvalue weighted by Crippen LogP contribution is -2.41. The SMILES string of the molecule is O=C(CCNS(=O)(=O)c1ccc2ccccc2c1)N[C@H]1CCC[C@H]1C(=O)O. The van der Waals surface area contributed by atoms with Gasteiger partial charge in [0.05, 0.1) is 10.8 Å². The molecule has 0 spiro atoms. The zero-order valence-corrected chi connectivity index (χ0v) is 15.5. The first kappa shape index (κ1) is 19.3. The van der Waals surface area contributed by atoms with Crippen molar-refractivity contribution in [3.8, 4) is 0 Å². The van der Waals surface area contributed by atoms with Crippen LogP contribution in [0.3, 0.4) is 0 Å². The van der Waals surface area contributed by atoms with Crippen molar-refractivity contribution < 1.29 is 23.1 Å². The second kappa shape index (κ2) is 8.06. The predicted molar refractivity (Wildman–Crippen MR) is 101 cm³/mol. The summed E-state index contributed by atoms with van der Waals surface area (Å²) >= 11 is 0. The van der Waals surface area contributed by atoms with Crippen molar-refractivity contribution in [2.24, 2.45) is 5.92 Å². The zero-order valence-electron chi connectivity index (χ0n) is 14.7. The monoisotopic (exact) mass is 390 g/mol. The summed E-state index contributed by atoms with van der Waals surface area (Å²) in [4.78, 5) is 23.3. The van der Waals surface area contributed by atoms with E-state index >= 15 is 0 Å². The minimum atomic E-state index is -3.72. The molecule has 27 heavy (non-hydrogen) atoms. The molecule has 1 aliphatic carbocycles. The maximum Gasteiger partial charge on any atom is 0.308 e. The van der Waals surface area contributed by atoms with Crippen molar-refractivity contribution in [2.75, 3.05) is 6.54 Å². The Balaban J connectivity index is 1.55. The maximum absolute atomic E-state index is 12.4. The van der Waals surface area contributed by atoms with Crippen molar-refractivity contribution in [1.82, 2.24) is 10.0 Å². The summed E-state index contributed by atoms with van der Waals surface area (Å²) in [7, 11) is -3.72. The van der Waals surface area contributed by atoms with E-state index < -0.39 is 21.9 Å². The molecule has 0 unspecified atom stereocenters. The van der Waals surface area contributed by atoms with E-state index in [1.165, 1.54) is 6.07 Å². The highest BCUT2D eigenvalue weighted by Crippen LogP contribution is 2.25. The number of carbonyl (C=O) groups is 2. The van der Waals surface area contributed by atoms with Gasteiger partial charge in [0.1, 0.15) is 0 Å². The Bertz CT molecular complexity index is 957. The Hall–Kier alpha value is -2.45. The molecule has 0 bridgehead atoms. The minimum absolute atomic E-state index is 0.0460.